The number of aromatic nitrogens is 4. The second-order valence-corrected chi connectivity index (χ2v) is 4.04. The summed E-state index contributed by atoms with van der Waals surface area (Å²) in [5, 5.41) is 5.20. The van der Waals surface area contributed by atoms with Gasteiger partial charge in [-0.05, 0) is 13.8 Å². The Morgan fingerprint density at radius 3 is 2.36 bits per heavy atom. The molecule has 0 fully saturated rings. The third-order valence-corrected chi connectivity index (χ3v) is 3.26. The van der Waals surface area contributed by atoms with Crippen molar-refractivity contribution in [2.24, 2.45) is 0 Å². The molecular weight excluding hydrogens is 243 g/mol. The molecule has 74 valence electrons. The Morgan fingerprint density at radius 2 is 1.93 bits per heavy atom. The van der Waals surface area contributed by atoms with E-state index < -0.39 is 0 Å². The summed E-state index contributed by atoms with van der Waals surface area (Å²) in [4.78, 5) is 0. The van der Waals surface area contributed by atoms with Crippen LogP contribution in [0.3, 0.4) is 0 Å². The summed E-state index contributed by atoms with van der Waals surface area (Å²) in [6.45, 7) is 3.69. The van der Waals surface area contributed by atoms with Crippen molar-refractivity contribution in [2.75, 3.05) is 0 Å². The number of hydrogen-bond acceptors (Lipinski definition) is 4. The lowest BCUT2D eigenvalue weighted by Crippen LogP contribution is -1.99. The molecule has 2 rings (SSSR count). The molecular formula is C7H6Cl2N4S. The lowest BCUT2D eigenvalue weighted by atomic mass is 10.4. The zero-order valence-corrected chi connectivity index (χ0v) is 9.78. The minimum absolute atomic E-state index is 0.345. The van der Waals surface area contributed by atoms with E-state index in [-0.39, 0.29) is 0 Å². The molecule has 2 aromatic heterocycles. The maximum absolute atomic E-state index is 6.00. The van der Waals surface area contributed by atoms with E-state index in [0.29, 0.717) is 16.0 Å². The van der Waals surface area contributed by atoms with Crippen molar-refractivity contribution in [3.05, 3.63) is 21.6 Å². The summed E-state index contributed by atoms with van der Waals surface area (Å²) in [5.74, 6) is 0.532. The maximum atomic E-state index is 6.00. The van der Waals surface area contributed by atoms with E-state index in [1.165, 1.54) is 0 Å². The van der Waals surface area contributed by atoms with Crippen molar-refractivity contribution in [1.29, 1.82) is 0 Å². The quantitative estimate of drug-likeness (QED) is 0.780. The fraction of sp³-hybridized carbons (Fsp3) is 0.286. The van der Waals surface area contributed by atoms with Crippen LogP contribution in [0.25, 0.3) is 5.82 Å². The fourth-order valence-electron chi connectivity index (χ4n) is 1.13. The van der Waals surface area contributed by atoms with Crippen LogP contribution >= 0.6 is 34.9 Å². The summed E-state index contributed by atoms with van der Waals surface area (Å²) in [7, 11) is 0. The predicted octanol–water partition coefficient (Wildman–Crippen LogP) is 2.65. The minimum atomic E-state index is 0.345. The molecule has 0 aromatic carbocycles. The van der Waals surface area contributed by atoms with Gasteiger partial charge in [0.1, 0.15) is 0 Å². The highest BCUT2D eigenvalue weighted by Crippen LogP contribution is 2.24. The number of nitrogens with zero attached hydrogens (tertiary/aromatic N) is 4. The highest BCUT2D eigenvalue weighted by molar-refractivity contribution is 6.99. The SMILES string of the molecule is Cc1nn(-c2nsnc2Cl)c(C)c1Cl. The van der Waals surface area contributed by atoms with E-state index in [1.54, 1.807) is 4.68 Å². The fourth-order valence-corrected chi connectivity index (χ4v) is 1.95. The van der Waals surface area contributed by atoms with Gasteiger partial charge in [-0.15, -0.1) is 0 Å². The third kappa shape index (κ3) is 1.41. The van der Waals surface area contributed by atoms with Gasteiger partial charge in [0, 0.05) is 0 Å². The van der Waals surface area contributed by atoms with E-state index in [9.17, 15) is 0 Å². The Bertz CT molecular complexity index is 476. The molecule has 0 aliphatic rings. The largest absolute Gasteiger partial charge is 0.214 e. The molecule has 0 atom stereocenters. The molecule has 0 unspecified atom stereocenters. The van der Waals surface area contributed by atoms with Crippen LogP contribution in [0, 0.1) is 13.8 Å². The lowest BCUT2D eigenvalue weighted by Gasteiger charge is -1.98. The number of rotatable bonds is 1. The Balaban J connectivity index is 2.63. The Kier molecular flexibility index (Phi) is 2.47. The topological polar surface area (TPSA) is 43.6 Å². The van der Waals surface area contributed by atoms with Crippen molar-refractivity contribution in [2.45, 2.75) is 13.8 Å². The first-order valence-corrected chi connectivity index (χ1v) is 5.30. The smallest absolute Gasteiger partial charge is 0.206 e. The maximum Gasteiger partial charge on any atom is 0.206 e. The van der Waals surface area contributed by atoms with Gasteiger partial charge < -0.3 is 0 Å². The summed E-state index contributed by atoms with van der Waals surface area (Å²) in [6, 6.07) is 0. The molecule has 0 aliphatic carbocycles. The molecule has 0 N–H and O–H groups in total. The molecule has 0 saturated carbocycles. The Labute approximate surface area is 94.8 Å². The van der Waals surface area contributed by atoms with Crippen molar-refractivity contribution < 1.29 is 0 Å². The molecule has 0 spiro atoms. The molecule has 2 aromatic rings. The normalized spacial score (nSPS) is 10.9. The molecule has 0 saturated heterocycles. The number of halogens is 2. The van der Waals surface area contributed by atoms with Crippen LogP contribution in [-0.2, 0) is 0 Å². The van der Waals surface area contributed by atoms with Crippen molar-refractivity contribution in [3.8, 4) is 5.82 Å². The van der Waals surface area contributed by atoms with Gasteiger partial charge in [0.05, 0.1) is 28.1 Å². The lowest BCUT2D eigenvalue weighted by molar-refractivity contribution is 0.816. The van der Waals surface area contributed by atoms with Gasteiger partial charge in [-0.3, -0.25) is 0 Å². The highest BCUT2D eigenvalue weighted by atomic mass is 35.5. The summed E-state index contributed by atoms with van der Waals surface area (Å²) >= 11 is 12.9. The molecule has 7 heteroatoms. The minimum Gasteiger partial charge on any atom is -0.214 e. The van der Waals surface area contributed by atoms with E-state index in [1.807, 2.05) is 13.8 Å². The average molecular weight is 249 g/mol. The zero-order chi connectivity index (χ0) is 10.3. The first-order chi connectivity index (χ1) is 6.61. The summed E-state index contributed by atoms with van der Waals surface area (Å²) < 4.78 is 9.51. The van der Waals surface area contributed by atoms with Gasteiger partial charge in [-0.2, -0.15) is 13.8 Å². The molecule has 0 bridgehead atoms. The van der Waals surface area contributed by atoms with Gasteiger partial charge in [-0.1, -0.05) is 23.2 Å². The van der Waals surface area contributed by atoms with Gasteiger partial charge in [0.25, 0.3) is 0 Å². The van der Waals surface area contributed by atoms with Crippen LogP contribution in [0.2, 0.25) is 10.2 Å². The predicted molar refractivity (Wildman–Crippen MR) is 56.5 cm³/mol. The van der Waals surface area contributed by atoms with Crippen LogP contribution < -0.4 is 0 Å². The van der Waals surface area contributed by atoms with E-state index >= 15 is 0 Å². The van der Waals surface area contributed by atoms with Gasteiger partial charge in [0.15, 0.2) is 5.15 Å². The van der Waals surface area contributed by atoms with Crippen LogP contribution in [0.1, 0.15) is 11.4 Å². The Hall–Kier alpha value is -0.650. The first-order valence-electron chi connectivity index (χ1n) is 3.81. The molecule has 0 aliphatic heterocycles. The van der Waals surface area contributed by atoms with Crippen LogP contribution in [0.5, 0.6) is 0 Å². The number of aryl methyl sites for hydroxylation is 1. The van der Waals surface area contributed by atoms with E-state index in [4.69, 9.17) is 23.2 Å². The van der Waals surface area contributed by atoms with E-state index in [2.05, 4.69) is 13.8 Å². The van der Waals surface area contributed by atoms with Gasteiger partial charge in [-0.25, -0.2) is 4.68 Å². The summed E-state index contributed by atoms with van der Waals surface area (Å²) in [5.41, 5.74) is 1.58. The number of hydrogen-bond donors (Lipinski definition) is 0. The van der Waals surface area contributed by atoms with Crippen molar-refractivity contribution in [1.82, 2.24) is 18.5 Å². The second kappa shape index (κ2) is 3.49. The molecule has 14 heavy (non-hydrogen) atoms. The molecule has 0 amide bonds. The highest BCUT2D eigenvalue weighted by Gasteiger charge is 2.15. The summed E-state index contributed by atoms with van der Waals surface area (Å²) in [6.07, 6.45) is 0. The van der Waals surface area contributed by atoms with Crippen molar-refractivity contribution >= 4 is 34.9 Å². The first kappa shape index (κ1) is 9.89. The second-order valence-electron chi connectivity index (χ2n) is 2.78. The monoisotopic (exact) mass is 248 g/mol. The van der Waals surface area contributed by atoms with Gasteiger partial charge >= 0.3 is 0 Å². The van der Waals surface area contributed by atoms with E-state index in [0.717, 1.165) is 23.1 Å². The molecule has 4 nitrogen and oxygen atoms in total. The third-order valence-electron chi connectivity index (χ3n) is 1.84. The zero-order valence-electron chi connectivity index (χ0n) is 7.45. The van der Waals surface area contributed by atoms with Crippen LogP contribution in [0.15, 0.2) is 0 Å². The molecule has 2 heterocycles. The Morgan fingerprint density at radius 1 is 1.21 bits per heavy atom. The van der Waals surface area contributed by atoms with Gasteiger partial charge in [0.2, 0.25) is 5.82 Å². The van der Waals surface area contributed by atoms with Crippen molar-refractivity contribution in [3.63, 3.8) is 0 Å². The average Bonchev–Trinajstić information content (AvgIpc) is 2.66. The van der Waals surface area contributed by atoms with Crippen LogP contribution in [0.4, 0.5) is 0 Å². The molecule has 0 radical (unpaired) electrons. The standard InChI is InChI=1S/C7H6Cl2N4S/c1-3-5(8)4(2)13(10-3)7-6(9)11-14-12-7/h1-2H3. The van der Waals surface area contributed by atoms with Crippen LogP contribution in [-0.4, -0.2) is 18.5 Å².